The van der Waals surface area contributed by atoms with E-state index in [2.05, 4.69) is 36.8 Å². The van der Waals surface area contributed by atoms with Crippen LogP contribution in [0.15, 0.2) is 24.5 Å². The molecule has 1 rings (SSSR count). The van der Waals surface area contributed by atoms with Crippen LogP contribution in [0.4, 0.5) is 0 Å². The van der Waals surface area contributed by atoms with Gasteiger partial charge in [-0.2, -0.15) is 0 Å². The molecule has 84 valence electrons. The lowest BCUT2D eigenvalue weighted by molar-refractivity contribution is 0.276. The average Bonchev–Trinajstić information content (AvgIpc) is 2.18. The second-order valence-corrected chi connectivity index (χ2v) is 4.47. The summed E-state index contributed by atoms with van der Waals surface area (Å²) in [4.78, 5) is 6.33. The highest BCUT2D eigenvalue weighted by molar-refractivity contribution is 5.07. The predicted octanol–water partition coefficient (Wildman–Crippen LogP) is 1.50. The van der Waals surface area contributed by atoms with Gasteiger partial charge in [0.1, 0.15) is 0 Å². The minimum atomic E-state index is 0.242. The smallest absolute Gasteiger partial charge is 0.0312 e. The molecule has 0 aliphatic heterocycles. The Kier molecular flexibility index (Phi) is 4.72. The molecule has 0 spiro atoms. The fourth-order valence-electron chi connectivity index (χ4n) is 1.44. The molecule has 15 heavy (non-hydrogen) atoms. The molecule has 3 heteroatoms. The first kappa shape index (κ1) is 12.1. The van der Waals surface area contributed by atoms with E-state index in [-0.39, 0.29) is 6.04 Å². The molecule has 1 heterocycles. The summed E-state index contributed by atoms with van der Waals surface area (Å²) in [5.74, 6) is 0.529. The van der Waals surface area contributed by atoms with Crippen LogP contribution in [0.3, 0.4) is 0 Å². The summed E-state index contributed by atoms with van der Waals surface area (Å²) in [5, 5.41) is 0. The van der Waals surface area contributed by atoms with Gasteiger partial charge in [0.05, 0.1) is 0 Å². The molecular weight excluding hydrogens is 186 g/mol. The minimum Gasteiger partial charge on any atom is -0.326 e. The zero-order valence-electron chi connectivity index (χ0n) is 9.85. The van der Waals surface area contributed by atoms with Gasteiger partial charge in [-0.1, -0.05) is 19.9 Å². The van der Waals surface area contributed by atoms with Crippen LogP contribution < -0.4 is 5.73 Å². The summed E-state index contributed by atoms with van der Waals surface area (Å²) in [6.45, 7) is 6.14. The molecule has 0 amide bonds. The highest BCUT2D eigenvalue weighted by atomic mass is 15.1. The van der Waals surface area contributed by atoms with Crippen molar-refractivity contribution in [2.45, 2.75) is 26.4 Å². The fourth-order valence-corrected chi connectivity index (χ4v) is 1.44. The van der Waals surface area contributed by atoms with Crippen LogP contribution in [0, 0.1) is 5.92 Å². The fraction of sp³-hybridized carbons (Fsp3) is 0.583. The van der Waals surface area contributed by atoms with E-state index < -0.39 is 0 Å². The lowest BCUT2D eigenvalue weighted by Crippen LogP contribution is -2.38. The average molecular weight is 207 g/mol. The van der Waals surface area contributed by atoms with Gasteiger partial charge in [0.15, 0.2) is 0 Å². The molecule has 0 aromatic carbocycles. The van der Waals surface area contributed by atoms with Gasteiger partial charge in [-0.25, -0.2) is 0 Å². The van der Waals surface area contributed by atoms with E-state index in [1.165, 1.54) is 5.56 Å². The van der Waals surface area contributed by atoms with Gasteiger partial charge in [0, 0.05) is 31.5 Å². The van der Waals surface area contributed by atoms with Crippen molar-refractivity contribution < 1.29 is 0 Å². The first-order chi connectivity index (χ1) is 7.09. The number of pyridine rings is 1. The Morgan fingerprint density at radius 1 is 1.47 bits per heavy atom. The van der Waals surface area contributed by atoms with Crippen molar-refractivity contribution in [1.82, 2.24) is 9.88 Å². The van der Waals surface area contributed by atoms with E-state index in [1.807, 2.05) is 12.3 Å². The Bertz CT molecular complexity index is 271. The summed E-state index contributed by atoms with van der Waals surface area (Å²) in [6.07, 6.45) is 3.70. The lowest BCUT2D eigenvalue weighted by Gasteiger charge is -2.23. The quantitative estimate of drug-likeness (QED) is 0.795. The van der Waals surface area contributed by atoms with Crippen LogP contribution in [0.1, 0.15) is 19.4 Å². The van der Waals surface area contributed by atoms with E-state index in [4.69, 9.17) is 5.73 Å². The zero-order chi connectivity index (χ0) is 11.3. The van der Waals surface area contributed by atoms with Crippen molar-refractivity contribution in [1.29, 1.82) is 0 Å². The van der Waals surface area contributed by atoms with E-state index >= 15 is 0 Å². The summed E-state index contributed by atoms with van der Waals surface area (Å²) in [6, 6.07) is 4.29. The molecule has 0 aliphatic carbocycles. The molecule has 0 bridgehead atoms. The number of nitrogens with zero attached hydrogens (tertiary/aromatic N) is 2. The maximum atomic E-state index is 6.01. The Morgan fingerprint density at radius 3 is 2.73 bits per heavy atom. The summed E-state index contributed by atoms with van der Waals surface area (Å²) < 4.78 is 0. The van der Waals surface area contributed by atoms with Crippen LogP contribution in [0.25, 0.3) is 0 Å². The highest BCUT2D eigenvalue weighted by Gasteiger charge is 2.10. The third kappa shape index (κ3) is 4.40. The summed E-state index contributed by atoms with van der Waals surface area (Å²) >= 11 is 0. The van der Waals surface area contributed by atoms with Gasteiger partial charge < -0.3 is 10.6 Å². The Balaban J connectivity index is 2.39. The van der Waals surface area contributed by atoms with Crippen molar-refractivity contribution in [2.75, 3.05) is 13.6 Å². The molecule has 0 saturated heterocycles. The monoisotopic (exact) mass is 207 g/mol. The number of nitrogens with two attached hydrogens (primary N) is 1. The van der Waals surface area contributed by atoms with Crippen LogP contribution in [0.5, 0.6) is 0 Å². The lowest BCUT2D eigenvalue weighted by atomic mass is 10.1. The Hall–Kier alpha value is -0.930. The Morgan fingerprint density at radius 2 is 2.20 bits per heavy atom. The van der Waals surface area contributed by atoms with Crippen molar-refractivity contribution in [3.05, 3.63) is 30.1 Å². The first-order valence-electron chi connectivity index (χ1n) is 5.42. The van der Waals surface area contributed by atoms with E-state index in [9.17, 15) is 0 Å². The van der Waals surface area contributed by atoms with Gasteiger partial charge >= 0.3 is 0 Å². The highest BCUT2D eigenvalue weighted by Crippen LogP contribution is 2.04. The van der Waals surface area contributed by atoms with Crippen LogP contribution in [-0.2, 0) is 6.54 Å². The summed E-state index contributed by atoms with van der Waals surface area (Å²) in [7, 11) is 2.09. The standard InChI is InChI=1S/C12H21N3/c1-10(2)12(13)9-15(3)8-11-5-4-6-14-7-11/h4-7,10,12H,8-9,13H2,1-3H3. The molecule has 0 fully saturated rings. The predicted molar refractivity (Wildman–Crippen MR) is 63.4 cm³/mol. The molecular formula is C12H21N3. The molecule has 1 aromatic rings. The first-order valence-corrected chi connectivity index (χ1v) is 5.42. The molecule has 0 radical (unpaired) electrons. The van der Waals surface area contributed by atoms with E-state index in [0.717, 1.165) is 13.1 Å². The van der Waals surface area contributed by atoms with Crippen molar-refractivity contribution in [3.63, 3.8) is 0 Å². The SMILES string of the molecule is CC(C)C(N)CN(C)Cc1cccnc1. The number of hydrogen-bond acceptors (Lipinski definition) is 3. The normalized spacial score (nSPS) is 13.5. The van der Waals surface area contributed by atoms with Crippen LogP contribution in [0.2, 0.25) is 0 Å². The third-order valence-electron chi connectivity index (χ3n) is 2.55. The van der Waals surface area contributed by atoms with Gasteiger partial charge in [-0.3, -0.25) is 4.98 Å². The van der Waals surface area contributed by atoms with E-state index in [0.29, 0.717) is 5.92 Å². The topological polar surface area (TPSA) is 42.1 Å². The van der Waals surface area contributed by atoms with Crippen LogP contribution >= 0.6 is 0 Å². The van der Waals surface area contributed by atoms with Gasteiger partial charge in [0.2, 0.25) is 0 Å². The van der Waals surface area contributed by atoms with Crippen molar-refractivity contribution in [2.24, 2.45) is 11.7 Å². The molecule has 1 aromatic heterocycles. The van der Waals surface area contributed by atoms with E-state index in [1.54, 1.807) is 6.20 Å². The second-order valence-electron chi connectivity index (χ2n) is 4.47. The van der Waals surface area contributed by atoms with Gasteiger partial charge in [-0.05, 0) is 24.6 Å². The molecule has 2 N–H and O–H groups in total. The molecule has 1 atom stereocenters. The number of hydrogen-bond donors (Lipinski definition) is 1. The zero-order valence-corrected chi connectivity index (χ0v) is 9.85. The van der Waals surface area contributed by atoms with Crippen LogP contribution in [-0.4, -0.2) is 29.5 Å². The van der Waals surface area contributed by atoms with Gasteiger partial charge in [0.25, 0.3) is 0 Å². The molecule has 0 saturated carbocycles. The molecule has 1 unspecified atom stereocenters. The maximum absolute atomic E-state index is 6.01. The Labute approximate surface area is 92.3 Å². The number of rotatable bonds is 5. The molecule has 0 aliphatic rings. The molecule has 3 nitrogen and oxygen atoms in total. The van der Waals surface area contributed by atoms with Gasteiger partial charge in [-0.15, -0.1) is 0 Å². The van der Waals surface area contributed by atoms with Crippen molar-refractivity contribution >= 4 is 0 Å². The largest absolute Gasteiger partial charge is 0.326 e. The third-order valence-corrected chi connectivity index (χ3v) is 2.55. The second kappa shape index (κ2) is 5.83. The number of aromatic nitrogens is 1. The van der Waals surface area contributed by atoms with Crippen molar-refractivity contribution in [3.8, 4) is 0 Å². The summed E-state index contributed by atoms with van der Waals surface area (Å²) in [5.41, 5.74) is 7.25. The maximum Gasteiger partial charge on any atom is 0.0312 e. The number of likely N-dealkylation sites (N-methyl/N-ethyl adjacent to an activating group) is 1. The minimum absolute atomic E-state index is 0.242.